The van der Waals surface area contributed by atoms with Crippen LogP contribution in [0.2, 0.25) is 5.02 Å². The van der Waals surface area contributed by atoms with Crippen LogP contribution in [0.3, 0.4) is 0 Å². The lowest BCUT2D eigenvalue weighted by atomic mass is 9.98. The van der Waals surface area contributed by atoms with Gasteiger partial charge in [0.25, 0.3) is 11.8 Å². The van der Waals surface area contributed by atoms with E-state index in [0.29, 0.717) is 23.7 Å². The van der Waals surface area contributed by atoms with E-state index >= 15 is 0 Å². The number of halogens is 1. The van der Waals surface area contributed by atoms with Crippen LogP contribution in [0.25, 0.3) is 0 Å². The molecule has 1 saturated heterocycles. The summed E-state index contributed by atoms with van der Waals surface area (Å²) in [5.74, 6) is -1.02. The van der Waals surface area contributed by atoms with E-state index in [9.17, 15) is 19.2 Å². The molecule has 1 saturated carbocycles. The molecule has 3 rings (SSSR count). The number of nitrogens with zero attached hydrogens (tertiary/aromatic N) is 2. The summed E-state index contributed by atoms with van der Waals surface area (Å²) in [6, 6.07) is 2.70. The van der Waals surface area contributed by atoms with Gasteiger partial charge in [-0.25, -0.2) is 9.78 Å². The van der Waals surface area contributed by atoms with E-state index in [4.69, 9.17) is 16.3 Å². The highest BCUT2D eigenvalue weighted by Crippen LogP contribution is 2.35. The minimum absolute atomic E-state index is 0.0130. The van der Waals surface area contributed by atoms with Gasteiger partial charge in [-0.15, -0.1) is 0 Å². The van der Waals surface area contributed by atoms with E-state index < -0.39 is 29.6 Å². The third-order valence-electron chi connectivity index (χ3n) is 5.12. The van der Waals surface area contributed by atoms with Crippen LogP contribution in [0.5, 0.6) is 0 Å². The molecule has 1 aliphatic heterocycles. The van der Waals surface area contributed by atoms with Crippen LogP contribution in [0.1, 0.15) is 45.4 Å². The first kappa shape index (κ1) is 21.0. The normalized spacial score (nSPS) is 18.6. The Hall–Kier alpha value is -2.68. The van der Waals surface area contributed by atoms with Crippen molar-refractivity contribution in [3.8, 4) is 0 Å². The van der Waals surface area contributed by atoms with Gasteiger partial charge in [-0.3, -0.25) is 19.3 Å². The van der Waals surface area contributed by atoms with Crippen LogP contribution in [0, 0.1) is 0 Å². The van der Waals surface area contributed by atoms with Crippen LogP contribution in [0.4, 0.5) is 10.6 Å². The summed E-state index contributed by atoms with van der Waals surface area (Å²) in [6.45, 7) is 1.58. The van der Waals surface area contributed by atoms with Gasteiger partial charge >= 0.3 is 12.0 Å². The van der Waals surface area contributed by atoms with Crippen LogP contribution in [0.15, 0.2) is 18.3 Å². The van der Waals surface area contributed by atoms with Crippen LogP contribution < -0.4 is 10.6 Å². The third kappa shape index (κ3) is 4.84. The van der Waals surface area contributed by atoms with Gasteiger partial charge in [-0.05, 0) is 38.3 Å². The molecule has 4 amide bonds. The average Bonchev–Trinajstić information content (AvgIpc) is 3.24. The number of anilines is 1. The van der Waals surface area contributed by atoms with Crippen LogP contribution >= 0.6 is 11.6 Å². The summed E-state index contributed by atoms with van der Waals surface area (Å²) in [7, 11) is 0. The van der Waals surface area contributed by atoms with Crippen molar-refractivity contribution in [2.24, 2.45) is 0 Å². The van der Waals surface area contributed by atoms with Crippen molar-refractivity contribution in [1.29, 1.82) is 0 Å². The standard InChI is InChI=1S/C19H23ClN4O5/c1-12(16(26)22-14-7-6-13(20)11-21-14)29-15(25)5-4-10-24-17(27)19(23-18(24)28)8-2-3-9-19/h6-7,11-12H,2-5,8-10H2,1H3,(H,23,28)(H,21,22,26)/t12-/m1/s1. The summed E-state index contributed by atoms with van der Waals surface area (Å²) in [6.07, 6.45) is 3.77. The van der Waals surface area contributed by atoms with E-state index in [-0.39, 0.29) is 25.3 Å². The first-order valence-corrected chi connectivity index (χ1v) is 9.94. The quantitative estimate of drug-likeness (QED) is 0.514. The Kier molecular flexibility index (Phi) is 6.36. The van der Waals surface area contributed by atoms with Crippen LogP contribution in [-0.4, -0.2) is 51.9 Å². The van der Waals surface area contributed by atoms with Crippen molar-refractivity contribution in [2.75, 3.05) is 11.9 Å². The number of hydrogen-bond donors (Lipinski definition) is 2. The second-order valence-electron chi connectivity index (χ2n) is 7.26. The Bertz CT molecular complexity index is 807. The number of carbonyl (C=O) groups excluding carboxylic acids is 4. The van der Waals surface area contributed by atoms with Gasteiger partial charge in [0.2, 0.25) is 0 Å². The van der Waals surface area contributed by atoms with Gasteiger partial charge in [0, 0.05) is 19.2 Å². The molecule has 0 bridgehead atoms. The zero-order valence-electron chi connectivity index (χ0n) is 16.1. The summed E-state index contributed by atoms with van der Waals surface area (Å²) < 4.78 is 5.11. The highest BCUT2D eigenvalue weighted by Gasteiger charge is 2.52. The number of esters is 1. The van der Waals surface area contributed by atoms with E-state index in [0.717, 1.165) is 12.8 Å². The molecule has 0 aromatic carbocycles. The molecule has 2 aliphatic rings. The molecular weight excluding hydrogens is 400 g/mol. The smallest absolute Gasteiger partial charge is 0.325 e. The fraction of sp³-hybridized carbons (Fsp3) is 0.526. The van der Waals surface area contributed by atoms with Gasteiger partial charge in [-0.1, -0.05) is 24.4 Å². The molecule has 1 spiro atoms. The van der Waals surface area contributed by atoms with Crippen molar-refractivity contribution in [2.45, 2.75) is 57.1 Å². The Balaban J connectivity index is 1.41. The number of pyridine rings is 1. The number of rotatable bonds is 7. The monoisotopic (exact) mass is 422 g/mol. The predicted octanol–water partition coefficient (Wildman–Crippen LogP) is 2.25. The van der Waals surface area contributed by atoms with Gasteiger partial charge in [0.1, 0.15) is 11.4 Å². The fourth-order valence-corrected chi connectivity index (χ4v) is 3.68. The van der Waals surface area contributed by atoms with Crippen molar-refractivity contribution in [1.82, 2.24) is 15.2 Å². The summed E-state index contributed by atoms with van der Waals surface area (Å²) in [5, 5.41) is 5.75. The lowest BCUT2D eigenvalue weighted by Gasteiger charge is -2.20. The molecule has 9 nitrogen and oxygen atoms in total. The number of amides is 4. The maximum atomic E-state index is 12.5. The maximum Gasteiger partial charge on any atom is 0.325 e. The van der Waals surface area contributed by atoms with Crippen molar-refractivity contribution >= 4 is 41.2 Å². The molecule has 1 aliphatic carbocycles. The van der Waals surface area contributed by atoms with Gasteiger partial charge in [-0.2, -0.15) is 0 Å². The number of ether oxygens (including phenoxy) is 1. The molecule has 2 fully saturated rings. The first-order valence-electron chi connectivity index (χ1n) is 9.57. The lowest BCUT2D eigenvalue weighted by molar-refractivity contribution is -0.153. The number of urea groups is 1. The number of imide groups is 1. The zero-order valence-corrected chi connectivity index (χ0v) is 16.8. The van der Waals surface area contributed by atoms with E-state index in [1.807, 2.05) is 0 Å². The molecule has 2 heterocycles. The molecule has 0 unspecified atom stereocenters. The minimum Gasteiger partial charge on any atom is -0.453 e. The predicted molar refractivity (Wildman–Crippen MR) is 104 cm³/mol. The van der Waals surface area contributed by atoms with E-state index in [1.165, 1.54) is 24.1 Å². The second kappa shape index (κ2) is 8.77. The van der Waals surface area contributed by atoms with Crippen LogP contribution in [-0.2, 0) is 19.1 Å². The SMILES string of the molecule is C[C@@H](OC(=O)CCCN1C(=O)NC2(CCCC2)C1=O)C(=O)Nc1ccc(Cl)cn1. The number of carbonyl (C=O) groups is 4. The maximum absolute atomic E-state index is 12.5. The van der Waals surface area contributed by atoms with Gasteiger partial charge < -0.3 is 15.4 Å². The van der Waals surface area contributed by atoms with Gasteiger partial charge in [0.05, 0.1) is 5.02 Å². The largest absolute Gasteiger partial charge is 0.453 e. The summed E-state index contributed by atoms with van der Waals surface area (Å²) >= 11 is 5.73. The molecule has 1 aromatic heterocycles. The van der Waals surface area contributed by atoms with E-state index in [1.54, 1.807) is 6.07 Å². The topological polar surface area (TPSA) is 118 Å². The molecular formula is C19H23ClN4O5. The number of nitrogens with one attached hydrogen (secondary N) is 2. The third-order valence-corrected chi connectivity index (χ3v) is 5.35. The highest BCUT2D eigenvalue weighted by molar-refractivity contribution is 6.30. The first-order chi connectivity index (χ1) is 13.8. The minimum atomic E-state index is -1.02. The number of hydrogen-bond acceptors (Lipinski definition) is 6. The van der Waals surface area contributed by atoms with Crippen molar-refractivity contribution in [3.05, 3.63) is 23.4 Å². The molecule has 1 atom stereocenters. The Morgan fingerprint density at radius 2 is 2.07 bits per heavy atom. The molecule has 10 heteroatoms. The Morgan fingerprint density at radius 1 is 1.34 bits per heavy atom. The lowest BCUT2D eigenvalue weighted by Crippen LogP contribution is -2.44. The average molecular weight is 423 g/mol. The number of aromatic nitrogens is 1. The van der Waals surface area contributed by atoms with Crippen molar-refractivity contribution in [3.63, 3.8) is 0 Å². The fourth-order valence-electron chi connectivity index (χ4n) is 3.57. The molecule has 1 aromatic rings. The summed E-state index contributed by atoms with van der Waals surface area (Å²) in [5.41, 5.74) is -0.750. The summed E-state index contributed by atoms with van der Waals surface area (Å²) in [4.78, 5) is 53.8. The zero-order chi connectivity index (χ0) is 21.0. The van der Waals surface area contributed by atoms with Crippen molar-refractivity contribution < 1.29 is 23.9 Å². The second-order valence-corrected chi connectivity index (χ2v) is 7.70. The highest BCUT2D eigenvalue weighted by atomic mass is 35.5. The Labute approximate surface area is 173 Å². The Morgan fingerprint density at radius 3 is 2.72 bits per heavy atom. The van der Waals surface area contributed by atoms with Gasteiger partial charge in [0.15, 0.2) is 6.10 Å². The molecule has 2 N–H and O–H groups in total. The molecule has 29 heavy (non-hydrogen) atoms. The molecule has 156 valence electrons. The molecule has 0 radical (unpaired) electrons. The van der Waals surface area contributed by atoms with E-state index in [2.05, 4.69) is 15.6 Å².